The Morgan fingerprint density at radius 3 is 2.32 bits per heavy atom. The molecule has 6 nitrogen and oxygen atoms in total. The topological polar surface area (TPSA) is 81.7 Å². The molecule has 0 aromatic heterocycles. The van der Waals surface area contributed by atoms with E-state index in [1.165, 1.54) is 0 Å². The highest BCUT2D eigenvalue weighted by Crippen LogP contribution is 2.69. The van der Waals surface area contributed by atoms with Crippen LogP contribution in [0.2, 0.25) is 0 Å². The molecule has 0 spiro atoms. The summed E-state index contributed by atoms with van der Waals surface area (Å²) in [4.78, 5) is 38.3. The Hall–Kier alpha value is -2.37. The number of ether oxygens (including phenoxy) is 2. The largest absolute Gasteiger partial charge is 0.486 e. The lowest BCUT2D eigenvalue weighted by molar-refractivity contribution is -0.147. The second-order valence-electron chi connectivity index (χ2n) is 7.83. The average Bonchev–Trinajstić information content (AvgIpc) is 2.86. The van der Waals surface area contributed by atoms with Gasteiger partial charge in [0.1, 0.15) is 18.6 Å². The number of carbonyl (C=O) groups is 3. The third-order valence-electron chi connectivity index (χ3n) is 6.73. The van der Waals surface area contributed by atoms with Gasteiger partial charge >= 0.3 is 0 Å². The van der Waals surface area contributed by atoms with Crippen molar-refractivity contribution in [3.8, 4) is 11.5 Å². The van der Waals surface area contributed by atoms with Crippen molar-refractivity contribution in [1.29, 1.82) is 0 Å². The van der Waals surface area contributed by atoms with E-state index in [0.717, 1.165) is 0 Å². The summed E-state index contributed by atoms with van der Waals surface area (Å²) in [5, 5.41) is 2.83. The molecule has 2 unspecified atom stereocenters. The van der Waals surface area contributed by atoms with Gasteiger partial charge in [0.05, 0.1) is 0 Å². The van der Waals surface area contributed by atoms with Crippen molar-refractivity contribution in [2.24, 2.45) is 16.2 Å². The van der Waals surface area contributed by atoms with E-state index in [1.807, 2.05) is 13.8 Å². The number of nitrogens with one attached hydrogen (secondary N) is 1. The molecule has 4 rings (SSSR count). The van der Waals surface area contributed by atoms with E-state index < -0.39 is 33.7 Å². The van der Waals surface area contributed by atoms with Crippen molar-refractivity contribution in [3.63, 3.8) is 0 Å². The van der Waals surface area contributed by atoms with Gasteiger partial charge in [-0.3, -0.25) is 14.4 Å². The van der Waals surface area contributed by atoms with Gasteiger partial charge < -0.3 is 14.8 Å². The van der Waals surface area contributed by atoms with Crippen LogP contribution in [0.25, 0.3) is 0 Å². The molecule has 2 atom stereocenters. The Bertz CT molecular complexity index is 814. The molecule has 0 saturated heterocycles. The van der Waals surface area contributed by atoms with Crippen molar-refractivity contribution in [1.82, 2.24) is 0 Å². The van der Waals surface area contributed by atoms with Crippen molar-refractivity contribution >= 4 is 23.2 Å². The summed E-state index contributed by atoms with van der Waals surface area (Å²) in [6.45, 7) is 6.45. The number of amides is 1. The molecule has 1 aromatic carbocycles. The first-order valence-electron chi connectivity index (χ1n) is 8.54. The van der Waals surface area contributed by atoms with Crippen molar-refractivity contribution in [3.05, 3.63) is 18.2 Å². The van der Waals surface area contributed by atoms with E-state index in [2.05, 4.69) is 5.32 Å². The minimum Gasteiger partial charge on any atom is -0.486 e. The summed E-state index contributed by atoms with van der Waals surface area (Å²) in [7, 11) is 0. The van der Waals surface area contributed by atoms with Crippen LogP contribution in [0, 0.1) is 16.2 Å². The Morgan fingerprint density at radius 1 is 1.00 bits per heavy atom. The lowest BCUT2D eigenvalue weighted by Crippen LogP contribution is -2.47. The molecule has 1 aliphatic heterocycles. The van der Waals surface area contributed by atoms with E-state index in [9.17, 15) is 14.4 Å². The first kappa shape index (κ1) is 16.1. The van der Waals surface area contributed by atoms with Gasteiger partial charge in [-0.2, -0.15) is 0 Å². The SMILES string of the molecule is CC12CCC(C(=O)Nc3ccc4c(c3)OCCO4)(C(=O)C1=O)C2(C)C. The van der Waals surface area contributed by atoms with Crippen molar-refractivity contribution < 1.29 is 23.9 Å². The van der Waals surface area contributed by atoms with Gasteiger partial charge in [0.2, 0.25) is 17.5 Å². The summed E-state index contributed by atoms with van der Waals surface area (Å²) in [5.41, 5.74) is -2.26. The maximum Gasteiger partial charge on any atom is 0.239 e. The maximum absolute atomic E-state index is 13.1. The van der Waals surface area contributed by atoms with E-state index in [4.69, 9.17) is 9.47 Å². The van der Waals surface area contributed by atoms with E-state index >= 15 is 0 Å². The highest BCUT2D eigenvalue weighted by Gasteiger charge is 2.77. The van der Waals surface area contributed by atoms with Crippen LogP contribution in [0.4, 0.5) is 5.69 Å². The molecule has 1 heterocycles. The molecular weight excluding hydrogens is 322 g/mol. The van der Waals surface area contributed by atoms with E-state index in [1.54, 1.807) is 25.1 Å². The standard InChI is InChI=1S/C19H21NO5/c1-17(2)18(3)6-7-19(17,15(22)14(18)21)16(23)20-11-4-5-12-13(10-11)25-9-8-24-12/h4-5,10H,6-9H2,1-3H3,(H,20,23). The van der Waals surface area contributed by atoms with E-state index in [-0.39, 0.29) is 0 Å². The number of anilines is 1. The predicted molar refractivity (Wildman–Crippen MR) is 89.6 cm³/mol. The molecule has 2 saturated carbocycles. The Labute approximate surface area is 145 Å². The number of hydrogen-bond acceptors (Lipinski definition) is 5. The Balaban J connectivity index is 1.67. The summed E-state index contributed by atoms with van der Waals surface area (Å²) in [6.07, 6.45) is 0.955. The molecular formula is C19H21NO5. The molecule has 3 aliphatic rings. The Kier molecular flexibility index (Phi) is 3.12. The summed E-state index contributed by atoms with van der Waals surface area (Å²) < 4.78 is 11.0. The second kappa shape index (κ2) is 4.84. The second-order valence-corrected chi connectivity index (χ2v) is 7.83. The highest BCUT2D eigenvalue weighted by atomic mass is 16.6. The number of fused-ring (bicyclic) bond motifs is 3. The summed E-state index contributed by atoms with van der Waals surface area (Å²) in [6, 6.07) is 5.13. The molecule has 0 radical (unpaired) electrons. The monoisotopic (exact) mass is 343 g/mol. The zero-order valence-corrected chi connectivity index (χ0v) is 14.6. The third-order valence-corrected chi connectivity index (χ3v) is 6.73. The number of rotatable bonds is 2. The van der Waals surface area contributed by atoms with Gasteiger partial charge in [0.15, 0.2) is 11.5 Å². The summed E-state index contributed by atoms with van der Waals surface area (Å²) >= 11 is 0. The van der Waals surface area contributed by atoms with Crippen molar-refractivity contribution in [2.75, 3.05) is 18.5 Å². The fraction of sp³-hybridized carbons (Fsp3) is 0.526. The van der Waals surface area contributed by atoms with Crippen LogP contribution in [-0.2, 0) is 14.4 Å². The van der Waals surface area contributed by atoms with Crippen LogP contribution in [-0.4, -0.2) is 30.7 Å². The first-order valence-corrected chi connectivity index (χ1v) is 8.54. The number of carbonyl (C=O) groups excluding carboxylic acids is 3. The van der Waals surface area contributed by atoms with Crippen LogP contribution in [0.5, 0.6) is 11.5 Å². The van der Waals surface area contributed by atoms with Gasteiger partial charge in [-0.25, -0.2) is 0 Å². The minimum absolute atomic E-state index is 0.400. The van der Waals surface area contributed by atoms with Crippen molar-refractivity contribution in [2.45, 2.75) is 33.6 Å². The van der Waals surface area contributed by atoms with Crippen LogP contribution in [0.3, 0.4) is 0 Å². The lowest BCUT2D eigenvalue weighted by Gasteiger charge is -2.37. The molecule has 25 heavy (non-hydrogen) atoms. The molecule has 1 amide bonds. The van der Waals surface area contributed by atoms with Crippen LogP contribution >= 0.6 is 0 Å². The van der Waals surface area contributed by atoms with E-state index in [0.29, 0.717) is 43.2 Å². The fourth-order valence-corrected chi connectivity index (χ4v) is 4.63. The number of benzene rings is 1. The lowest BCUT2D eigenvalue weighted by atomic mass is 9.64. The molecule has 2 bridgehead atoms. The number of hydrogen-bond donors (Lipinski definition) is 1. The van der Waals surface area contributed by atoms with Crippen LogP contribution in [0.15, 0.2) is 18.2 Å². The van der Waals surface area contributed by atoms with Gasteiger partial charge in [0.25, 0.3) is 0 Å². The normalized spacial score (nSPS) is 32.0. The maximum atomic E-state index is 13.1. The quantitative estimate of drug-likeness (QED) is 0.658. The van der Waals surface area contributed by atoms with Gasteiger partial charge in [-0.05, 0) is 30.4 Å². The predicted octanol–water partition coefficient (Wildman–Crippen LogP) is 2.36. The van der Waals surface area contributed by atoms with Gasteiger partial charge in [-0.1, -0.05) is 20.8 Å². The number of ketones is 2. The molecule has 2 aliphatic carbocycles. The number of Topliss-reactive ketones (excluding diaryl/α,β-unsaturated/α-hetero) is 2. The van der Waals surface area contributed by atoms with Crippen LogP contribution in [0.1, 0.15) is 33.6 Å². The molecule has 1 aromatic rings. The summed E-state index contributed by atoms with van der Waals surface area (Å²) in [5.74, 6) is -0.190. The zero-order valence-electron chi connectivity index (χ0n) is 14.6. The highest BCUT2D eigenvalue weighted by molar-refractivity contribution is 6.49. The molecule has 1 N–H and O–H groups in total. The fourth-order valence-electron chi connectivity index (χ4n) is 4.63. The van der Waals surface area contributed by atoms with Gasteiger partial charge in [-0.15, -0.1) is 0 Å². The average molecular weight is 343 g/mol. The van der Waals surface area contributed by atoms with Crippen LogP contribution < -0.4 is 14.8 Å². The van der Waals surface area contributed by atoms with Gasteiger partial charge in [0, 0.05) is 17.2 Å². The third kappa shape index (κ3) is 1.77. The Morgan fingerprint density at radius 2 is 1.68 bits per heavy atom. The minimum atomic E-state index is -1.30. The molecule has 2 fully saturated rings. The molecule has 6 heteroatoms. The first-order chi connectivity index (χ1) is 11.7. The zero-order chi connectivity index (χ0) is 18.0. The molecule has 132 valence electrons. The smallest absolute Gasteiger partial charge is 0.239 e.